The van der Waals surface area contributed by atoms with Crippen LogP contribution in [-0.4, -0.2) is 52.0 Å². The highest BCUT2D eigenvalue weighted by molar-refractivity contribution is 5.75. The third-order valence-electron chi connectivity index (χ3n) is 4.76. The van der Waals surface area contributed by atoms with Crippen molar-refractivity contribution in [3.8, 4) is 0 Å². The van der Waals surface area contributed by atoms with Crippen LogP contribution in [0.3, 0.4) is 0 Å². The molecule has 3 aromatic rings. The van der Waals surface area contributed by atoms with Gasteiger partial charge in [0.15, 0.2) is 0 Å². The van der Waals surface area contributed by atoms with Crippen LogP contribution in [0.25, 0.3) is 11.0 Å². The minimum absolute atomic E-state index is 0.0113. The SMILES string of the molecule is O=C(NCc1ccccc1)N1CCN(Cc2nc3ccccc3[nH]2)CC1. The molecular weight excluding hydrogens is 326 g/mol. The van der Waals surface area contributed by atoms with Crippen LogP contribution in [0.15, 0.2) is 54.6 Å². The first kappa shape index (κ1) is 16.6. The molecule has 134 valence electrons. The molecule has 1 aliphatic heterocycles. The molecule has 2 N–H and O–H groups in total. The maximum absolute atomic E-state index is 12.3. The Morgan fingerprint density at radius 1 is 1.00 bits per heavy atom. The van der Waals surface area contributed by atoms with E-state index in [2.05, 4.69) is 20.2 Å². The van der Waals surface area contributed by atoms with Crippen molar-refractivity contribution in [3.63, 3.8) is 0 Å². The minimum atomic E-state index is 0.0113. The summed E-state index contributed by atoms with van der Waals surface area (Å²) in [7, 11) is 0. The molecule has 0 unspecified atom stereocenters. The van der Waals surface area contributed by atoms with Crippen molar-refractivity contribution in [3.05, 3.63) is 66.0 Å². The highest BCUT2D eigenvalue weighted by Crippen LogP contribution is 2.13. The third kappa shape index (κ3) is 3.86. The Morgan fingerprint density at radius 3 is 2.50 bits per heavy atom. The van der Waals surface area contributed by atoms with Gasteiger partial charge in [0.25, 0.3) is 0 Å². The number of hydrogen-bond acceptors (Lipinski definition) is 3. The fraction of sp³-hybridized carbons (Fsp3) is 0.300. The molecule has 0 spiro atoms. The minimum Gasteiger partial charge on any atom is -0.341 e. The number of H-pyrrole nitrogens is 1. The topological polar surface area (TPSA) is 64.3 Å². The lowest BCUT2D eigenvalue weighted by molar-refractivity contribution is 0.133. The van der Waals surface area contributed by atoms with Crippen molar-refractivity contribution in [2.24, 2.45) is 0 Å². The van der Waals surface area contributed by atoms with E-state index in [4.69, 9.17) is 0 Å². The van der Waals surface area contributed by atoms with Gasteiger partial charge in [0.05, 0.1) is 17.6 Å². The van der Waals surface area contributed by atoms with Gasteiger partial charge in [0.1, 0.15) is 5.82 Å². The van der Waals surface area contributed by atoms with Gasteiger partial charge in [-0.15, -0.1) is 0 Å². The summed E-state index contributed by atoms with van der Waals surface area (Å²) in [6, 6.07) is 18.1. The standard InChI is InChI=1S/C20H23N5O/c26-20(21-14-16-6-2-1-3-7-16)25-12-10-24(11-13-25)15-19-22-17-8-4-5-9-18(17)23-19/h1-9H,10-15H2,(H,21,26)(H,22,23). The van der Waals surface area contributed by atoms with Crippen molar-refractivity contribution >= 4 is 17.1 Å². The second-order valence-electron chi connectivity index (χ2n) is 6.61. The number of para-hydroxylation sites is 2. The Morgan fingerprint density at radius 2 is 1.73 bits per heavy atom. The molecule has 1 aromatic heterocycles. The van der Waals surface area contributed by atoms with Crippen LogP contribution >= 0.6 is 0 Å². The summed E-state index contributed by atoms with van der Waals surface area (Å²) in [4.78, 5) is 24.6. The molecule has 2 aromatic carbocycles. The van der Waals surface area contributed by atoms with Gasteiger partial charge in [-0.2, -0.15) is 0 Å². The summed E-state index contributed by atoms with van der Waals surface area (Å²) in [5.41, 5.74) is 3.19. The smallest absolute Gasteiger partial charge is 0.317 e. The van der Waals surface area contributed by atoms with E-state index in [9.17, 15) is 4.79 Å². The summed E-state index contributed by atoms with van der Waals surface area (Å²) in [6.07, 6.45) is 0. The summed E-state index contributed by atoms with van der Waals surface area (Å²) in [6.45, 7) is 4.54. The number of aromatic nitrogens is 2. The first-order valence-electron chi connectivity index (χ1n) is 9.00. The van der Waals surface area contributed by atoms with Gasteiger partial charge in [0, 0.05) is 32.7 Å². The van der Waals surface area contributed by atoms with Crippen LogP contribution in [0.2, 0.25) is 0 Å². The molecule has 2 amide bonds. The van der Waals surface area contributed by atoms with E-state index in [1.807, 2.05) is 59.5 Å². The zero-order valence-electron chi connectivity index (χ0n) is 14.7. The average Bonchev–Trinajstić information content (AvgIpc) is 3.10. The molecule has 26 heavy (non-hydrogen) atoms. The fourth-order valence-electron chi connectivity index (χ4n) is 3.29. The number of nitrogens with one attached hydrogen (secondary N) is 2. The molecule has 0 atom stereocenters. The lowest BCUT2D eigenvalue weighted by Crippen LogP contribution is -2.51. The summed E-state index contributed by atoms with van der Waals surface area (Å²) < 4.78 is 0. The lowest BCUT2D eigenvalue weighted by atomic mass is 10.2. The van der Waals surface area contributed by atoms with E-state index in [1.54, 1.807) is 0 Å². The molecular formula is C20H23N5O. The lowest BCUT2D eigenvalue weighted by Gasteiger charge is -2.34. The number of urea groups is 1. The monoisotopic (exact) mass is 349 g/mol. The Hall–Kier alpha value is -2.86. The molecule has 0 saturated carbocycles. The fourth-order valence-corrected chi connectivity index (χ4v) is 3.29. The van der Waals surface area contributed by atoms with E-state index >= 15 is 0 Å². The van der Waals surface area contributed by atoms with Gasteiger partial charge in [0.2, 0.25) is 0 Å². The molecule has 4 rings (SSSR count). The van der Waals surface area contributed by atoms with Crippen molar-refractivity contribution in [1.29, 1.82) is 0 Å². The highest BCUT2D eigenvalue weighted by Gasteiger charge is 2.21. The molecule has 1 aliphatic rings. The number of imidazole rings is 1. The van der Waals surface area contributed by atoms with Gasteiger partial charge in [-0.25, -0.2) is 9.78 Å². The van der Waals surface area contributed by atoms with Crippen LogP contribution in [0.1, 0.15) is 11.4 Å². The number of carbonyl (C=O) groups is 1. The van der Waals surface area contributed by atoms with Crippen molar-refractivity contribution in [1.82, 2.24) is 25.1 Å². The predicted octanol–water partition coefficient (Wildman–Crippen LogP) is 2.59. The summed E-state index contributed by atoms with van der Waals surface area (Å²) in [5, 5.41) is 3.00. The third-order valence-corrected chi connectivity index (χ3v) is 4.76. The Kier molecular flexibility index (Phi) is 4.84. The zero-order chi connectivity index (χ0) is 17.8. The van der Waals surface area contributed by atoms with Crippen LogP contribution < -0.4 is 5.32 Å². The predicted molar refractivity (Wildman–Crippen MR) is 102 cm³/mol. The number of hydrogen-bond donors (Lipinski definition) is 2. The number of benzene rings is 2. The molecule has 0 radical (unpaired) electrons. The zero-order valence-corrected chi connectivity index (χ0v) is 14.7. The number of aromatic amines is 1. The largest absolute Gasteiger partial charge is 0.341 e. The molecule has 6 nitrogen and oxygen atoms in total. The van der Waals surface area contributed by atoms with Gasteiger partial charge >= 0.3 is 6.03 Å². The molecule has 1 saturated heterocycles. The van der Waals surface area contributed by atoms with Gasteiger partial charge in [-0.1, -0.05) is 42.5 Å². The number of nitrogens with zero attached hydrogens (tertiary/aromatic N) is 3. The Bertz CT molecular complexity index is 835. The average molecular weight is 349 g/mol. The number of carbonyl (C=O) groups excluding carboxylic acids is 1. The normalized spacial score (nSPS) is 15.3. The first-order chi connectivity index (χ1) is 12.8. The van der Waals surface area contributed by atoms with E-state index in [0.29, 0.717) is 6.54 Å². The van der Waals surface area contributed by atoms with E-state index in [1.165, 1.54) is 0 Å². The van der Waals surface area contributed by atoms with E-state index in [0.717, 1.165) is 55.1 Å². The number of rotatable bonds is 4. The Balaban J connectivity index is 1.26. The maximum Gasteiger partial charge on any atom is 0.317 e. The van der Waals surface area contributed by atoms with E-state index in [-0.39, 0.29) is 6.03 Å². The molecule has 2 heterocycles. The second-order valence-corrected chi connectivity index (χ2v) is 6.61. The van der Waals surface area contributed by atoms with Gasteiger partial charge in [-0.3, -0.25) is 4.90 Å². The molecule has 1 fully saturated rings. The molecule has 0 aliphatic carbocycles. The number of piperazine rings is 1. The van der Waals surface area contributed by atoms with Crippen molar-refractivity contribution in [2.75, 3.05) is 26.2 Å². The highest BCUT2D eigenvalue weighted by atomic mass is 16.2. The summed E-state index contributed by atoms with van der Waals surface area (Å²) in [5.74, 6) is 0.980. The van der Waals surface area contributed by atoms with E-state index < -0.39 is 0 Å². The Labute approximate surface area is 152 Å². The molecule has 0 bridgehead atoms. The van der Waals surface area contributed by atoms with Gasteiger partial charge in [-0.05, 0) is 17.7 Å². The van der Waals surface area contributed by atoms with Crippen LogP contribution in [0.5, 0.6) is 0 Å². The van der Waals surface area contributed by atoms with Gasteiger partial charge < -0.3 is 15.2 Å². The van der Waals surface area contributed by atoms with Crippen molar-refractivity contribution < 1.29 is 4.79 Å². The second kappa shape index (κ2) is 7.58. The quantitative estimate of drug-likeness (QED) is 0.761. The van der Waals surface area contributed by atoms with Crippen LogP contribution in [0.4, 0.5) is 4.79 Å². The molecule has 6 heteroatoms. The number of fused-ring (bicyclic) bond motifs is 1. The summed E-state index contributed by atoms with van der Waals surface area (Å²) >= 11 is 0. The van der Waals surface area contributed by atoms with Crippen LogP contribution in [-0.2, 0) is 13.1 Å². The first-order valence-corrected chi connectivity index (χ1v) is 9.00. The van der Waals surface area contributed by atoms with Crippen molar-refractivity contribution in [2.45, 2.75) is 13.1 Å². The maximum atomic E-state index is 12.3. The number of amides is 2. The van der Waals surface area contributed by atoms with Crippen LogP contribution in [0, 0.1) is 0 Å².